The molecule has 26 heavy (non-hydrogen) atoms. The lowest BCUT2D eigenvalue weighted by molar-refractivity contribution is -0.116. The topological polar surface area (TPSA) is 84.7 Å². The highest BCUT2D eigenvalue weighted by Gasteiger charge is 2.18. The molecule has 3 N–H and O–H groups in total. The van der Waals surface area contributed by atoms with Gasteiger partial charge in [0.15, 0.2) is 0 Å². The molecule has 0 spiro atoms. The Balaban J connectivity index is 0.00000338. The van der Waals surface area contributed by atoms with Gasteiger partial charge in [-0.2, -0.15) is 0 Å². The third-order valence-electron chi connectivity index (χ3n) is 3.82. The van der Waals surface area contributed by atoms with Crippen molar-refractivity contribution in [3.63, 3.8) is 0 Å². The predicted octanol–water partition coefficient (Wildman–Crippen LogP) is 2.68. The number of nitrogens with two attached hydrogens (primary N) is 1. The quantitative estimate of drug-likeness (QED) is 0.776. The maximum Gasteiger partial charge on any atom is 0.254 e. The smallest absolute Gasteiger partial charge is 0.254 e. The Morgan fingerprint density at radius 2 is 1.77 bits per heavy atom. The summed E-state index contributed by atoms with van der Waals surface area (Å²) in [4.78, 5) is 26.4. The first-order valence-electron chi connectivity index (χ1n) is 8.10. The lowest BCUT2D eigenvalue weighted by atomic mass is 10.1. The van der Waals surface area contributed by atoms with E-state index >= 15 is 0 Å². The first-order chi connectivity index (χ1) is 12.1. The number of nitrogens with one attached hydrogen (secondary N) is 1. The highest BCUT2D eigenvalue weighted by atomic mass is 35.5. The van der Waals surface area contributed by atoms with Crippen LogP contribution in [0.15, 0.2) is 48.5 Å². The number of para-hydroxylation sites is 2. The number of carbonyl (C=O) groups is 2. The van der Waals surface area contributed by atoms with Crippen molar-refractivity contribution in [1.82, 2.24) is 4.90 Å². The summed E-state index contributed by atoms with van der Waals surface area (Å²) < 4.78 is 5.21. The number of ether oxygens (including phenoxy) is 1. The lowest BCUT2D eigenvalue weighted by Gasteiger charge is -2.21. The van der Waals surface area contributed by atoms with Crippen molar-refractivity contribution < 1.29 is 14.3 Å². The monoisotopic (exact) mass is 377 g/mol. The van der Waals surface area contributed by atoms with Crippen LogP contribution in [0.5, 0.6) is 5.75 Å². The zero-order valence-corrected chi connectivity index (χ0v) is 15.7. The van der Waals surface area contributed by atoms with E-state index in [2.05, 4.69) is 5.32 Å². The van der Waals surface area contributed by atoms with Crippen molar-refractivity contribution in [2.24, 2.45) is 5.73 Å². The molecule has 0 saturated heterocycles. The van der Waals surface area contributed by atoms with Crippen LogP contribution >= 0.6 is 12.4 Å². The highest BCUT2D eigenvalue weighted by molar-refractivity contribution is 5.99. The largest absolute Gasteiger partial charge is 0.495 e. The molecule has 2 aromatic carbocycles. The molecule has 7 heteroatoms. The van der Waals surface area contributed by atoms with Gasteiger partial charge in [0, 0.05) is 18.7 Å². The fourth-order valence-electron chi connectivity index (χ4n) is 2.40. The molecular formula is C19H24ClN3O3. The molecule has 0 atom stereocenters. The summed E-state index contributed by atoms with van der Waals surface area (Å²) in [5.74, 6) is 0.0992. The van der Waals surface area contributed by atoms with Crippen LogP contribution in [0.2, 0.25) is 0 Å². The van der Waals surface area contributed by atoms with Gasteiger partial charge in [-0.15, -0.1) is 12.4 Å². The molecule has 2 amide bonds. The number of anilines is 1. The summed E-state index contributed by atoms with van der Waals surface area (Å²) in [5.41, 5.74) is 7.63. The fraction of sp³-hybridized carbons (Fsp3) is 0.263. The van der Waals surface area contributed by atoms with Gasteiger partial charge in [0.1, 0.15) is 12.3 Å². The van der Waals surface area contributed by atoms with Gasteiger partial charge in [-0.3, -0.25) is 9.59 Å². The fourth-order valence-corrected chi connectivity index (χ4v) is 2.40. The Labute approximate surface area is 159 Å². The normalized spacial score (nSPS) is 9.81. The first-order valence-corrected chi connectivity index (χ1v) is 8.10. The van der Waals surface area contributed by atoms with Crippen molar-refractivity contribution in [1.29, 1.82) is 0 Å². The molecular weight excluding hydrogens is 354 g/mol. The van der Waals surface area contributed by atoms with Crippen molar-refractivity contribution in [3.8, 4) is 5.75 Å². The van der Waals surface area contributed by atoms with E-state index in [9.17, 15) is 9.59 Å². The number of amides is 2. The number of methoxy groups -OCH3 is 1. The molecule has 2 rings (SSSR count). The highest BCUT2D eigenvalue weighted by Crippen LogP contribution is 2.22. The maximum absolute atomic E-state index is 12.6. The van der Waals surface area contributed by atoms with E-state index in [0.29, 0.717) is 30.1 Å². The molecule has 140 valence electrons. The number of benzene rings is 2. The van der Waals surface area contributed by atoms with Crippen LogP contribution < -0.4 is 15.8 Å². The van der Waals surface area contributed by atoms with E-state index in [1.165, 1.54) is 12.0 Å². The molecule has 0 unspecified atom stereocenters. The number of nitrogens with zero attached hydrogens (tertiary/aromatic N) is 1. The van der Waals surface area contributed by atoms with Crippen LogP contribution in [-0.4, -0.2) is 36.9 Å². The summed E-state index contributed by atoms with van der Waals surface area (Å²) >= 11 is 0. The average molecular weight is 378 g/mol. The van der Waals surface area contributed by atoms with Crippen LogP contribution in [0.1, 0.15) is 22.8 Å². The van der Waals surface area contributed by atoms with Gasteiger partial charge in [-0.1, -0.05) is 24.3 Å². The van der Waals surface area contributed by atoms with E-state index in [1.54, 1.807) is 30.3 Å². The van der Waals surface area contributed by atoms with Crippen molar-refractivity contribution in [2.75, 3.05) is 25.5 Å². The Hall–Kier alpha value is -2.57. The third-order valence-corrected chi connectivity index (χ3v) is 3.82. The number of hydrogen-bond acceptors (Lipinski definition) is 4. The van der Waals surface area contributed by atoms with Crippen LogP contribution in [0, 0.1) is 0 Å². The summed E-state index contributed by atoms with van der Waals surface area (Å²) in [7, 11) is 1.54. The van der Waals surface area contributed by atoms with E-state index in [-0.39, 0.29) is 30.8 Å². The minimum atomic E-state index is -0.279. The van der Waals surface area contributed by atoms with E-state index < -0.39 is 0 Å². The van der Waals surface area contributed by atoms with Gasteiger partial charge in [0.2, 0.25) is 5.91 Å². The second kappa shape index (κ2) is 10.4. The van der Waals surface area contributed by atoms with Gasteiger partial charge in [0.05, 0.1) is 12.8 Å². The third kappa shape index (κ3) is 5.47. The Morgan fingerprint density at radius 1 is 1.12 bits per heavy atom. The van der Waals surface area contributed by atoms with Crippen molar-refractivity contribution >= 4 is 29.9 Å². The molecule has 6 nitrogen and oxygen atoms in total. The predicted molar refractivity (Wildman–Crippen MR) is 105 cm³/mol. The molecule has 0 radical (unpaired) electrons. The van der Waals surface area contributed by atoms with Gasteiger partial charge in [0.25, 0.3) is 5.91 Å². The minimum absolute atomic E-state index is 0. The second-order valence-electron chi connectivity index (χ2n) is 5.47. The zero-order chi connectivity index (χ0) is 18.2. The first kappa shape index (κ1) is 21.5. The van der Waals surface area contributed by atoms with E-state index in [0.717, 1.165) is 5.56 Å². The molecule has 0 heterocycles. The number of likely N-dealkylation sites (N-methyl/N-ethyl adjacent to an activating group) is 1. The maximum atomic E-state index is 12.6. The second-order valence-corrected chi connectivity index (χ2v) is 5.47. The molecule has 0 bridgehead atoms. The molecule has 0 fully saturated rings. The van der Waals surface area contributed by atoms with Crippen molar-refractivity contribution in [2.45, 2.75) is 13.5 Å². The van der Waals surface area contributed by atoms with Crippen LogP contribution in [0.3, 0.4) is 0 Å². The molecule has 0 aromatic heterocycles. The van der Waals surface area contributed by atoms with E-state index in [4.69, 9.17) is 10.5 Å². The Morgan fingerprint density at radius 3 is 2.35 bits per heavy atom. The van der Waals surface area contributed by atoms with Crippen LogP contribution in [0.25, 0.3) is 0 Å². The Kier molecular flexibility index (Phi) is 8.61. The average Bonchev–Trinajstić information content (AvgIpc) is 2.66. The SMILES string of the molecule is CCN(CC(=O)Nc1ccccc1OC)C(=O)c1ccc(CN)cc1.Cl. The Bertz CT molecular complexity index is 735. The molecule has 0 aliphatic heterocycles. The lowest BCUT2D eigenvalue weighted by Crippen LogP contribution is -2.37. The number of rotatable bonds is 7. The van der Waals surface area contributed by atoms with Gasteiger partial charge in [-0.05, 0) is 36.8 Å². The summed E-state index contributed by atoms with van der Waals surface area (Å²) in [6.07, 6.45) is 0. The van der Waals surface area contributed by atoms with Gasteiger partial charge < -0.3 is 20.7 Å². The van der Waals surface area contributed by atoms with Crippen molar-refractivity contribution in [3.05, 3.63) is 59.7 Å². The summed E-state index contributed by atoms with van der Waals surface area (Å²) in [6.45, 7) is 2.65. The number of hydrogen-bond donors (Lipinski definition) is 2. The molecule has 0 aliphatic carbocycles. The molecule has 0 saturated carbocycles. The van der Waals surface area contributed by atoms with Gasteiger partial charge in [-0.25, -0.2) is 0 Å². The standard InChI is InChI=1S/C19H23N3O3.ClH/c1-3-22(19(24)15-10-8-14(12-20)9-11-15)13-18(23)21-16-6-4-5-7-17(16)25-2;/h4-11H,3,12-13,20H2,1-2H3,(H,21,23);1H. The zero-order valence-electron chi connectivity index (χ0n) is 14.9. The molecule has 2 aromatic rings. The summed E-state index contributed by atoms with van der Waals surface area (Å²) in [6, 6.07) is 14.2. The van der Waals surface area contributed by atoms with E-state index in [1.807, 2.05) is 25.1 Å². The van der Waals surface area contributed by atoms with Gasteiger partial charge >= 0.3 is 0 Å². The van der Waals surface area contributed by atoms with Crippen LogP contribution in [-0.2, 0) is 11.3 Å². The number of carbonyl (C=O) groups excluding carboxylic acids is 2. The number of halogens is 1. The summed E-state index contributed by atoms with van der Waals surface area (Å²) in [5, 5.41) is 2.78. The minimum Gasteiger partial charge on any atom is -0.495 e. The molecule has 0 aliphatic rings. The van der Waals surface area contributed by atoms with Crippen LogP contribution in [0.4, 0.5) is 5.69 Å².